The Kier molecular flexibility index (Phi) is 6.20. The molecule has 144 valence electrons. The van der Waals surface area contributed by atoms with Gasteiger partial charge in [-0.15, -0.1) is 0 Å². The largest absolute Gasteiger partial charge is 0.502 e. The molecule has 0 saturated carbocycles. The molecule has 0 bridgehead atoms. The van der Waals surface area contributed by atoms with Gasteiger partial charge in [0.05, 0.1) is 39.2 Å². The molecule has 0 unspecified atom stereocenters. The molecule has 1 aliphatic heterocycles. The fraction of sp³-hybridized carbons (Fsp3) is 0.421. The first-order valence-corrected chi connectivity index (χ1v) is 8.71. The standard InChI is InChI=1S/C19H22N2O6/c1-25-17(23)10-15(13-3-2-4-20-11-13)19-18(24)16(22)9-14(27-19)12-21-5-7-26-8-6-21/h2-4,9,11,15,24H,5-8,10,12H2,1H3/t15-/m1/s1. The first kappa shape index (κ1) is 19.1. The van der Waals surface area contributed by atoms with Gasteiger partial charge in [0.1, 0.15) is 5.76 Å². The molecule has 1 atom stereocenters. The molecule has 2 aromatic rings. The molecule has 8 heteroatoms. The van der Waals surface area contributed by atoms with Gasteiger partial charge in [0, 0.05) is 31.5 Å². The minimum absolute atomic E-state index is 0.0455. The van der Waals surface area contributed by atoms with Crippen LogP contribution in [0.15, 0.2) is 39.8 Å². The lowest BCUT2D eigenvalue weighted by atomic mass is 9.93. The highest BCUT2D eigenvalue weighted by Crippen LogP contribution is 2.33. The number of aromatic hydroxyl groups is 1. The summed E-state index contributed by atoms with van der Waals surface area (Å²) in [5.74, 6) is -1.19. The van der Waals surface area contributed by atoms with E-state index in [1.54, 1.807) is 24.5 Å². The molecular weight excluding hydrogens is 352 g/mol. The Morgan fingerprint density at radius 3 is 2.85 bits per heavy atom. The Labute approximate surface area is 156 Å². The van der Waals surface area contributed by atoms with Crippen molar-refractivity contribution in [2.75, 3.05) is 33.4 Å². The molecule has 0 amide bonds. The van der Waals surface area contributed by atoms with Crippen LogP contribution >= 0.6 is 0 Å². The van der Waals surface area contributed by atoms with E-state index < -0.39 is 23.1 Å². The number of hydrogen-bond donors (Lipinski definition) is 1. The number of morpholine rings is 1. The van der Waals surface area contributed by atoms with Crippen molar-refractivity contribution >= 4 is 5.97 Å². The topological polar surface area (TPSA) is 102 Å². The van der Waals surface area contributed by atoms with Crippen LogP contribution in [0.25, 0.3) is 0 Å². The van der Waals surface area contributed by atoms with E-state index in [2.05, 4.69) is 9.88 Å². The summed E-state index contributed by atoms with van der Waals surface area (Å²) in [6.45, 7) is 3.12. The highest BCUT2D eigenvalue weighted by atomic mass is 16.5. The number of hydrogen-bond acceptors (Lipinski definition) is 8. The van der Waals surface area contributed by atoms with Crippen molar-refractivity contribution in [2.24, 2.45) is 0 Å². The second-order valence-electron chi connectivity index (χ2n) is 6.30. The van der Waals surface area contributed by atoms with Gasteiger partial charge in [-0.1, -0.05) is 6.07 Å². The van der Waals surface area contributed by atoms with Crippen LogP contribution in [0.4, 0.5) is 0 Å². The van der Waals surface area contributed by atoms with E-state index in [-0.39, 0.29) is 12.2 Å². The number of rotatable bonds is 6. The highest BCUT2D eigenvalue weighted by Gasteiger charge is 2.27. The highest BCUT2D eigenvalue weighted by molar-refractivity contribution is 5.71. The third-order valence-electron chi connectivity index (χ3n) is 4.48. The van der Waals surface area contributed by atoms with Gasteiger partial charge in [0.15, 0.2) is 5.76 Å². The molecule has 1 N–H and O–H groups in total. The van der Waals surface area contributed by atoms with Gasteiger partial charge in [0.2, 0.25) is 11.2 Å². The number of carbonyl (C=O) groups excluding carboxylic acids is 1. The molecule has 0 aromatic carbocycles. The van der Waals surface area contributed by atoms with Gasteiger partial charge in [-0.25, -0.2) is 0 Å². The third-order valence-corrected chi connectivity index (χ3v) is 4.48. The van der Waals surface area contributed by atoms with Crippen molar-refractivity contribution in [1.82, 2.24) is 9.88 Å². The van der Waals surface area contributed by atoms with Crippen LogP contribution < -0.4 is 5.43 Å². The molecule has 3 heterocycles. The fourth-order valence-electron chi connectivity index (χ4n) is 3.04. The van der Waals surface area contributed by atoms with E-state index in [4.69, 9.17) is 13.9 Å². The van der Waals surface area contributed by atoms with Crippen LogP contribution in [-0.2, 0) is 20.8 Å². The number of ether oxygens (including phenoxy) is 2. The summed E-state index contributed by atoms with van der Waals surface area (Å²) in [7, 11) is 1.29. The maximum atomic E-state index is 12.3. The van der Waals surface area contributed by atoms with Crippen LogP contribution in [0.5, 0.6) is 5.75 Å². The lowest BCUT2D eigenvalue weighted by Gasteiger charge is -2.26. The summed E-state index contributed by atoms with van der Waals surface area (Å²) >= 11 is 0. The van der Waals surface area contributed by atoms with Crippen LogP contribution in [-0.4, -0.2) is 54.4 Å². The predicted molar refractivity (Wildman–Crippen MR) is 95.5 cm³/mol. The van der Waals surface area contributed by atoms with E-state index in [9.17, 15) is 14.7 Å². The number of pyridine rings is 1. The summed E-state index contributed by atoms with van der Waals surface area (Å²) in [6, 6.07) is 4.76. The number of esters is 1. The first-order chi connectivity index (χ1) is 13.1. The Bertz CT molecular complexity index is 830. The number of nitrogens with zero attached hydrogens (tertiary/aromatic N) is 2. The van der Waals surface area contributed by atoms with Crippen molar-refractivity contribution in [3.63, 3.8) is 0 Å². The monoisotopic (exact) mass is 374 g/mol. The Balaban J connectivity index is 1.97. The summed E-state index contributed by atoms with van der Waals surface area (Å²) in [4.78, 5) is 30.4. The second kappa shape index (κ2) is 8.79. The fourth-order valence-corrected chi connectivity index (χ4v) is 3.04. The summed E-state index contributed by atoms with van der Waals surface area (Å²) in [5.41, 5.74) is 0.100. The van der Waals surface area contributed by atoms with Crippen molar-refractivity contribution in [3.05, 3.63) is 57.9 Å². The molecule has 1 aliphatic rings. The molecule has 0 spiro atoms. The number of aromatic nitrogens is 1. The van der Waals surface area contributed by atoms with E-state index in [0.29, 0.717) is 31.1 Å². The lowest BCUT2D eigenvalue weighted by Crippen LogP contribution is -2.35. The zero-order valence-corrected chi connectivity index (χ0v) is 15.1. The Morgan fingerprint density at radius 2 is 2.19 bits per heavy atom. The van der Waals surface area contributed by atoms with Crippen LogP contribution in [0.2, 0.25) is 0 Å². The molecule has 1 fully saturated rings. The van der Waals surface area contributed by atoms with Gasteiger partial charge in [0.25, 0.3) is 0 Å². The van der Waals surface area contributed by atoms with Gasteiger partial charge in [-0.3, -0.25) is 19.5 Å². The normalized spacial score (nSPS) is 16.0. The summed E-state index contributed by atoms with van der Waals surface area (Å²) < 4.78 is 16.0. The smallest absolute Gasteiger partial charge is 0.306 e. The second-order valence-corrected chi connectivity index (χ2v) is 6.30. The summed E-state index contributed by atoms with van der Waals surface area (Å²) in [6.07, 6.45) is 3.09. The molecule has 0 aliphatic carbocycles. The third kappa shape index (κ3) is 4.72. The molecule has 0 radical (unpaired) electrons. The predicted octanol–water partition coefficient (Wildman–Crippen LogP) is 1.27. The van der Waals surface area contributed by atoms with Crippen molar-refractivity contribution < 1.29 is 23.8 Å². The van der Waals surface area contributed by atoms with E-state index in [1.807, 2.05) is 0 Å². The molecule has 8 nitrogen and oxygen atoms in total. The minimum atomic E-state index is -0.677. The first-order valence-electron chi connectivity index (χ1n) is 8.71. The van der Waals surface area contributed by atoms with Crippen LogP contribution in [0.1, 0.15) is 29.4 Å². The van der Waals surface area contributed by atoms with Crippen LogP contribution in [0, 0.1) is 0 Å². The number of methoxy groups -OCH3 is 1. The van der Waals surface area contributed by atoms with E-state index in [0.717, 1.165) is 13.1 Å². The summed E-state index contributed by atoms with van der Waals surface area (Å²) in [5, 5.41) is 10.3. The molecule has 27 heavy (non-hydrogen) atoms. The zero-order valence-electron chi connectivity index (χ0n) is 15.1. The quantitative estimate of drug-likeness (QED) is 0.754. The molecular formula is C19H22N2O6. The lowest BCUT2D eigenvalue weighted by molar-refractivity contribution is -0.140. The van der Waals surface area contributed by atoms with Crippen LogP contribution in [0.3, 0.4) is 0 Å². The average molecular weight is 374 g/mol. The van der Waals surface area contributed by atoms with E-state index >= 15 is 0 Å². The van der Waals surface area contributed by atoms with Crippen molar-refractivity contribution in [1.29, 1.82) is 0 Å². The zero-order chi connectivity index (χ0) is 19.2. The SMILES string of the molecule is COC(=O)C[C@H](c1cccnc1)c1oc(CN2CCOCC2)cc(=O)c1O. The molecule has 3 rings (SSSR count). The minimum Gasteiger partial charge on any atom is -0.502 e. The van der Waals surface area contributed by atoms with Gasteiger partial charge < -0.3 is 19.0 Å². The molecule has 1 saturated heterocycles. The maximum absolute atomic E-state index is 12.3. The van der Waals surface area contributed by atoms with E-state index in [1.165, 1.54) is 13.2 Å². The van der Waals surface area contributed by atoms with Gasteiger partial charge >= 0.3 is 5.97 Å². The van der Waals surface area contributed by atoms with Gasteiger partial charge in [-0.05, 0) is 11.6 Å². The maximum Gasteiger partial charge on any atom is 0.306 e. The molecule has 2 aromatic heterocycles. The van der Waals surface area contributed by atoms with Gasteiger partial charge in [-0.2, -0.15) is 0 Å². The average Bonchev–Trinajstić information content (AvgIpc) is 2.70. The Morgan fingerprint density at radius 1 is 1.41 bits per heavy atom. The van der Waals surface area contributed by atoms with Crippen molar-refractivity contribution in [2.45, 2.75) is 18.9 Å². The number of carbonyl (C=O) groups is 1. The Hall–Kier alpha value is -2.71. The van der Waals surface area contributed by atoms with Crippen molar-refractivity contribution in [3.8, 4) is 5.75 Å².